The number of phenols is 1. The van der Waals surface area contributed by atoms with Crippen molar-refractivity contribution in [3.8, 4) is 5.75 Å². The molecular formula is C14H12N2O5S. The van der Waals surface area contributed by atoms with Gasteiger partial charge in [0, 0.05) is 25.0 Å². The minimum absolute atomic E-state index is 0.0298. The number of phenolic OH excluding ortho intramolecular Hbond substituents is 1. The summed E-state index contributed by atoms with van der Waals surface area (Å²) in [5.41, 5.74) is -0.300. The van der Waals surface area contributed by atoms with E-state index in [9.17, 15) is 24.8 Å². The van der Waals surface area contributed by atoms with Gasteiger partial charge < -0.3 is 10.4 Å². The molecule has 22 heavy (non-hydrogen) atoms. The second kappa shape index (κ2) is 6.81. The minimum atomic E-state index is -0.630. The number of carbonyl (C=O) groups is 2. The fourth-order valence-corrected chi connectivity index (χ4v) is 2.43. The summed E-state index contributed by atoms with van der Waals surface area (Å²) in [5, 5.41) is 24.4. The molecule has 2 N–H and O–H groups in total. The molecule has 0 bridgehead atoms. The Kier molecular flexibility index (Phi) is 4.84. The number of rotatable bonds is 6. The number of nitrogens with zero attached hydrogens (tertiary/aromatic N) is 1. The summed E-state index contributed by atoms with van der Waals surface area (Å²) >= 11 is 1.30. The first-order valence-electron chi connectivity index (χ1n) is 6.31. The summed E-state index contributed by atoms with van der Waals surface area (Å²) < 4.78 is 0. The first-order valence-corrected chi connectivity index (χ1v) is 7.19. The van der Waals surface area contributed by atoms with Crippen molar-refractivity contribution in [3.63, 3.8) is 0 Å². The Morgan fingerprint density at radius 3 is 2.68 bits per heavy atom. The van der Waals surface area contributed by atoms with Crippen LogP contribution < -0.4 is 5.32 Å². The van der Waals surface area contributed by atoms with Gasteiger partial charge in [0.25, 0.3) is 5.69 Å². The Bertz CT molecular complexity index is 712. The average molecular weight is 320 g/mol. The van der Waals surface area contributed by atoms with Gasteiger partial charge in [-0.2, -0.15) is 0 Å². The van der Waals surface area contributed by atoms with Gasteiger partial charge in [-0.15, -0.1) is 11.3 Å². The van der Waals surface area contributed by atoms with Gasteiger partial charge in [-0.1, -0.05) is 6.07 Å². The molecule has 0 unspecified atom stereocenters. The van der Waals surface area contributed by atoms with E-state index < -0.39 is 10.8 Å². The van der Waals surface area contributed by atoms with Crippen molar-refractivity contribution >= 4 is 34.4 Å². The number of Topliss-reactive ketones (excluding diaryl/α,β-unsaturated/α-hetero) is 1. The number of carbonyl (C=O) groups excluding carboxylic acids is 2. The first-order chi connectivity index (χ1) is 10.5. The van der Waals surface area contributed by atoms with Crippen LogP contribution in [0.15, 0.2) is 35.7 Å². The summed E-state index contributed by atoms with van der Waals surface area (Å²) in [6, 6.07) is 6.75. The molecule has 1 heterocycles. The van der Waals surface area contributed by atoms with Gasteiger partial charge in [0.2, 0.25) is 5.91 Å². The van der Waals surface area contributed by atoms with Gasteiger partial charge in [-0.05, 0) is 17.5 Å². The molecule has 114 valence electrons. The second-order valence-corrected chi connectivity index (χ2v) is 5.35. The number of amides is 1. The van der Waals surface area contributed by atoms with Crippen molar-refractivity contribution in [2.45, 2.75) is 12.8 Å². The molecule has 0 saturated heterocycles. The molecular weight excluding hydrogens is 308 g/mol. The summed E-state index contributed by atoms with van der Waals surface area (Å²) in [6.07, 6.45) is -0.0408. The fraction of sp³-hybridized carbons (Fsp3) is 0.143. The van der Waals surface area contributed by atoms with E-state index in [1.165, 1.54) is 11.3 Å². The van der Waals surface area contributed by atoms with Crippen LogP contribution in [0.2, 0.25) is 0 Å². The van der Waals surface area contributed by atoms with Gasteiger partial charge in [0.1, 0.15) is 5.75 Å². The third kappa shape index (κ3) is 3.89. The SMILES string of the molecule is O=C(CCC(=O)c1cccs1)Nc1cc([N+](=O)[O-])ccc1O. The van der Waals surface area contributed by atoms with Crippen LogP contribution in [0.25, 0.3) is 0 Å². The molecule has 2 rings (SSSR count). The number of anilines is 1. The van der Waals surface area contributed by atoms with Gasteiger partial charge >= 0.3 is 0 Å². The molecule has 0 fully saturated rings. The summed E-state index contributed by atoms with van der Waals surface area (Å²) in [6.45, 7) is 0. The number of aromatic hydroxyl groups is 1. The van der Waals surface area contributed by atoms with E-state index in [0.717, 1.165) is 18.2 Å². The molecule has 8 heteroatoms. The molecule has 0 aliphatic carbocycles. The Morgan fingerprint density at radius 1 is 1.27 bits per heavy atom. The molecule has 7 nitrogen and oxygen atoms in total. The number of hydrogen-bond acceptors (Lipinski definition) is 6. The Morgan fingerprint density at radius 2 is 2.05 bits per heavy atom. The zero-order chi connectivity index (χ0) is 16.1. The molecule has 0 spiro atoms. The maximum atomic E-state index is 11.8. The van der Waals surface area contributed by atoms with E-state index in [2.05, 4.69) is 5.32 Å². The lowest BCUT2D eigenvalue weighted by molar-refractivity contribution is -0.384. The number of nitro groups is 1. The lowest BCUT2D eigenvalue weighted by Crippen LogP contribution is -2.13. The topological polar surface area (TPSA) is 110 Å². The highest BCUT2D eigenvalue weighted by Crippen LogP contribution is 2.28. The summed E-state index contributed by atoms with van der Waals surface area (Å²) in [7, 11) is 0. The Hall–Kier alpha value is -2.74. The standard InChI is InChI=1S/C14H12N2O5S/c17-11-4-3-9(16(20)21)8-10(11)15-14(19)6-5-12(18)13-2-1-7-22-13/h1-4,7-8,17H,5-6H2,(H,15,19). The van der Waals surface area contributed by atoms with Gasteiger partial charge in [0.15, 0.2) is 5.78 Å². The van der Waals surface area contributed by atoms with Crippen molar-refractivity contribution in [1.29, 1.82) is 0 Å². The molecule has 0 aliphatic heterocycles. The molecule has 1 amide bonds. The number of hydrogen-bond donors (Lipinski definition) is 2. The maximum absolute atomic E-state index is 11.8. The van der Waals surface area contributed by atoms with Crippen molar-refractivity contribution in [3.05, 3.63) is 50.7 Å². The van der Waals surface area contributed by atoms with Crippen LogP contribution in [-0.4, -0.2) is 21.7 Å². The van der Waals surface area contributed by atoms with Crippen molar-refractivity contribution < 1.29 is 19.6 Å². The number of benzene rings is 1. The van der Waals surface area contributed by atoms with E-state index in [1.54, 1.807) is 17.5 Å². The largest absolute Gasteiger partial charge is 0.506 e. The number of thiophene rings is 1. The van der Waals surface area contributed by atoms with E-state index in [-0.39, 0.29) is 35.7 Å². The molecule has 1 aromatic carbocycles. The molecule has 0 atom stereocenters. The number of nitrogens with one attached hydrogen (secondary N) is 1. The lowest BCUT2D eigenvalue weighted by atomic mass is 10.2. The zero-order valence-corrected chi connectivity index (χ0v) is 12.1. The van der Waals surface area contributed by atoms with Crippen LogP contribution >= 0.6 is 11.3 Å². The van der Waals surface area contributed by atoms with E-state index in [0.29, 0.717) is 4.88 Å². The normalized spacial score (nSPS) is 10.2. The Balaban J connectivity index is 1.96. The first kappa shape index (κ1) is 15.6. The highest BCUT2D eigenvalue weighted by Gasteiger charge is 2.14. The third-order valence-electron chi connectivity index (χ3n) is 2.84. The maximum Gasteiger partial charge on any atom is 0.271 e. The highest BCUT2D eigenvalue weighted by molar-refractivity contribution is 7.12. The molecule has 0 saturated carbocycles. The molecule has 1 aromatic heterocycles. The van der Waals surface area contributed by atoms with Gasteiger partial charge in [0.05, 0.1) is 15.5 Å². The Labute approximate surface area is 129 Å². The predicted molar refractivity (Wildman–Crippen MR) is 81.3 cm³/mol. The van der Waals surface area contributed by atoms with Crippen LogP contribution in [0.1, 0.15) is 22.5 Å². The van der Waals surface area contributed by atoms with Gasteiger partial charge in [-0.25, -0.2) is 0 Å². The van der Waals surface area contributed by atoms with Crippen LogP contribution in [-0.2, 0) is 4.79 Å². The molecule has 0 aliphatic rings. The molecule has 2 aromatic rings. The van der Waals surface area contributed by atoms with Crippen molar-refractivity contribution in [2.24, 2.45) is 0 Å². The van der Waals surface area contributed by atoms with E-state index in [4.69, 9.17) is 0 Å². The number of non-ortho nitro benzene ring substituents is 1. The minimum Gasteiger partial charge on any atom is -0.506 e. The highest BCUT2D eigenvalue weighted by atomic mass is 32.1. The van der Waals surface area contributed by atoms with Gasteiger partial charge in [-0.3, -0.25) is 19.7 Å². The summed E-state index contributed by atoms with van der Waals surface area (Å²) in [5.74, 6) is -0.919. The third-order valence-corrected chi connectivity index (χ3v) is 3.75. The fourth-order valence-electron chi connectivity index (χ4n) is 1.74. The molecule has 0 radical (unpaired) electrons. The van der Waals surface area contributed by atoms with Crippen molar-refractivity contribution in [2.75, 3.05) is 5.32 Å². The smallest absolute Gasteiger partial charge is 0.271 e. The quantitative estimate of drug-likeness (QED) is 0.368. The monoisotopic (exact) mass is 320 g/mol. The van der Waals surface area contributed by atoms with E-state index in [1.807, 2.05) is 0 Å². The van der Waals surface area contributed by atoms with Crippen LogP contribution in [0.5, 0.6) is 5.75 Å². The zero-order valence-electron chi connectivity index (χ0n) is 11.3. The second-order valence-electron chi connectivity index (χ2n) is 4.41. The van der Waals surface area contributed by atoms with Crippen LogP contribution in [0.4, 0.5) is 11.4 Å². The predicted octanol–water partition coefficient (Wildman–Crippen LogP) is 2.96. The van der Waals surface area contributed by atoms with Crippen LogP contribution in [0.3, 0.4) is 0 Å². The average Bonchev–Trinajstić information content (AvgIpc) is 3.01. The van der Waals surface area contributed by atoms with E-state index >= 15 is 0 Å². The van der Waals surface area contributed by atoms with Crippen LogP contribution in [0, 0.1) is 10.1 Å². The van der Waals surface area contributed by atoms with Crippen molar-refractivity contribution in [1.82, 2.24) is 0 Å². The number of ketones is 1. The number of nitro benzene ring substituents is 1. The lowest BCUT2D eigenvalue weighted by Gasteiger charge is -2.06. The summed E-state index contributed by atoms with van der Waals surface area (Å²) in [4.78, 5) is 34.2.